The summed E-state index contributed by atoms with van der Waals surface area (Å²) < 4.78 is 6.48. The SMILES string of the molecule is Cc1nnc(CSCc2cccc(Br)c2C)o1. The molecule has 0 saturated heterocycles. The lowest BCUT2D eigenvalue weighted by atomic mass is 10.1. The van der Waals surface area contributed by atoms with E-state index in [0.29, 0.717) is 11.8 Å². The molecule has 17 heavy (non-hydrogen) atoms. The van der Waals surface area contributed by atoms with Gasteiger partial charge in [-0.25, -0.2) is 0 Å². The van der Waals surface area contributed by atoms with E-state index in [1.165, 1.54) is 11.1 Å². The van der Waals surface area contributed by atoms with Gasteiger partial charge in [0.05, 0.1) is 5.75 Å². The van der Waals surface area contributed by atoms with Crippen LogP contribution in [0.5, 0.6) is 0 Å². The third kappa shape index (κ3) is 3.33. The number of thioether (sulfide) groups is 1. The first-order chi connectivity index (χ1) is 8.16. The molecular weight excluding hydrogens is 300 g/mol. The molecule has 0 atom stereocenters. The van der Waals surface area contributed by atoms with Crippen LogP contribution in [0.2, 0.25) is 0 Å². The number of rotatable bonds is 4. The third-order valence-electron chi connectivity index (χ3n) is 2.43. The Morgan fingerprint density at radius 2 is 2.06 bits per heavy atom. The lowest BCUT2D eigenvalue weighted by molar-refractivity contribution is 0.485. The van der Waals surface area contributed by atoms with Gasteiger partial charge in [0, 0.05) is 17.1 Å². The molecule has 0 aliphatic heterocycles. The summed E-state index contributed by atoms with van der Waals surface area (Å²) in [4.78, 5) is 0. The number of aryl methyl sites for hydroxylation is 1. The molecule has 0 amide bonds. The van der Waals surface area contributed by atoms with E-state index in [2.05, 4.69) is 51.3 Å². The predicted molar refractivity (Wildman–Crippen MR) is 72.9 cm³/mol. The van der Waals surface area contributed by atoms with Crippen molar-refractivity contribution < 1.29 is 4.42 Å². The molecule has 0 aliphatic rings. The van der Waals surface area contributed by atoms with Crippen molar-refractivity contribution in [1.82, 2.24) is 10.2 Å². The van der Waals surface area contributed by atoms with Gasteiger partial charge >= 0.3 is 0 Å². The van der Waals surface area contributed by atoms with Crippen molar-refractivity contribution in [3.8, 4) is 0 Å². The topological polar surface area (TPSA) is 38.9 Å². The highest BCUT2D eigenvalue weighted by Crippen LogP contribution is 2.24. The molecule has 90 valence electrons. The molecule has 0 unspecified atom stereocenters. The first-order valence-electron chi connectivity index (χ1n) is 5.27. The number of halogens is 1. The molecule has 0 spiro atoms. The van der Waals surface area contributed by atoms with Crippen LogP contribution >= 0.6 is 27.7 Å². The van der Waals surface area contributed by atoms with Gasteiger partial charge in [0.25, 0.3) is 0 Å². The third-order valence-corrected chi connectivity index (χ3v) is 4.26. The van der Waals surface area contributed by atoms with E-state index in [1.54, 1.807) is 18.7 Å². The fourth-order valence-electron chi connectivity index (χ4n) is 1.45. The Hall–Kier alpha value is -0.810. The maximum absolute atomic E-state index is 5.32. The van der Waals surface area contributed by atoms with Gasteiger partial charge in [0.15, 0.2) is 0 Å². The van der Waals surface area contributed by atoms with Gasteiger partial charge in [-0.1, -0.05) is 28.1 Å². The van der Waals surface area contributed by atoms with Crippen LogP contribution in [0.4, 0.5) is 0 Å². The summed E-state index contributed by atoms with van der Waals surface area (Å²) in [5.74, 6) is 3.03. The van der Waals surface area contributed by atoms with Crippen LogP contribution in [0.3, 0.4) is 0 Å². The normalized spacial score (nSPS) is 10.8. The molecule has 0 bridgehead atoms. The van der Waals surface area contributed by atoms with Crippen LogP contribution < -0.4 is 0 Å². The van der Waals surface area contributed by atoms with Gasteiger partial charge in [-0.3, -0.25) is 0 Å². The van der Waals surface area contributed by atoms with Gasteiger partial charge < -0.3 is 4.42 Å². The van der Waals surface area contributed by atoms with Crippen molar-refractivity contribution in [2.45, 2.75) is 25.4 Å². The zero-order valence-electron chi connectivity index (χ0n) is 9.74. The van der Waals surface area contributed by atoms with Gasteiger partial charge in [0.2, 0.25) is 11.8 Å². The fourth-order valence-corrected chi connectivity index (χ4v) is 2.79. The highest BCUT2D eigenvalue weighted by Gasteiger charge is 2.05. The number of benzene rings is 1. The molecule has 2 rings (SSSR count). The molecule has 3 nitrogen and oxygen atoms in total. The van der Waals surface area contributed by atoms with Gasteiger partial charge in [-0.05, 0) is 24.1 Å². The van der Waals surface area contributed by atoms with E-state index in [4.69, 9.17) is 4.42 Å². The van der Waals surface area contributed by atoms with Crippen LogP contribution in [-0.2, 0) is 11.5 Å². The minimum Gasteiger partial charge on any atom is -0.425 e. The maximum Gasteiger partial charge on any atom is 0.226 e. The molecule has 0 saturated carbocycles. The van der Waals surface area contributed by atoms with E-state index < -0.39 is 0 Å². The zero-order chi connectivity index (χ0) is 12.3. The Balaban J connectivity index is 1.92. The van der Waals surface area contributed by atoms with Crippen molar-refractivity contribution in [1.29, 1.82) is 0 Å². The van der Waals surface area contributed by atoms with Crippen molar-refractivity contribution in [3.05, 3.63) is 45.6 Å². The van der Waals surface area contributed by atoms with Crippen molar-refractivity contribution in [2.24, 2.45) is 0 Å². The second-order valence-corrected chi connectivity index (χ2v) is 5.57. The number of hydrogen-bond acceptors (Lipinski definition) is 4. The number of aromatic nitrogens is 2. The van der Waals surface area contributed by atoms with E-state index in [0.717, 1.165) is 16.0 Å². The molecule has 0 fully saturated rings. The molecule has 1 aromatic heterocycles. The minimum absolute atomic E-state index is 0.624. The summed E-state index contributed by atoms with van der Waals surface area (Å²) in [5, 5.41) is 7.78. The molecule has 0 radical (unpaired) electrons. The Kier molecular flexibility index (Phi) is 4.23. The average molecular weight is 313 g/mol. The van der Waals surface area contributed by atoms with Crippen LogP contribution in [0, 0.1) is 13.8 Å². The highest BCUT2D eigenvalue weighted by molar-refractivity contribution is 9.10. The van der Waals surface area contributed by atoms with Gasteiger partial charge in [0.1, 0.15) is 0 Å². The lowest BCUT2D eigenvalue weighted by Crippen LogP contribution is -1.88. The lowest BCUT2D eigenvalue weighted by Gasteiger charge is -2.06. The van der Waals surface area contributed by atoms with Crippen LogP contribution in [0.1, 0.15) is 22.9 Å². The van der Waals surface area contributed by atoms with Crippen LogP contribution in [0.25, 0.3) is 0 Å². The maximum atomic E-state index is 5.32. The zero-order valence-corrected chi connectivity index (χ0v) is 12.1. The van der Waals surface area contributed by atoms with E-state index >= 15 is 0 Å². The summed E-state index contributed by atoms with van der Waals surface area (Å²) in [6, 6.07) is 6.26. The molecule has 0 N–H and O–H groups in total. The first kappa shape index (κ1) is 12.6. The fraction of sp³-hybridized carbons (Fsp3) is 0.333. The standard InChI is InChI=1S/C12H13BrN2OS/c1-8-10(4-3-5-11(8)13)6-17-7-12-15-14-9(2)16-12/h3-5H,6-7H2,1-2H3. The van der Waals surface area contributed by atoms with Crippen molar-refractivity contribution in [3.63, 3.8) is 0 Å². The average Bonchev–Trinajstić information content (AvgIpc) is 2.70. The smallest absolute Gasteiger partial charge is 0.226 e. The van der Waals surface area contributed by atoms with E-state index in [1.807, 2.05) is 0 Å². The summed E-state index contributed by atoms with van der Waals surface area (Å²) in [7, 11) is 0. The minimum atomic E-state index is 0.624. The number of nitrogens with zero attached hydrogens (tertiary/aromatic N) is 2. The van der Waals surface area contributed by atoms with Crippen molar-refractivity contribution in [2.75, 3.05) is 0 Å². The molecule has 1 heterocycles. The van der Waals surface area contributed by atoms with Crippen LogP contribution in [0.15, 0.2) is 27.1 Å². The van der Waals surface area contributed by atoms with Crippen molar-refractivity contribution >= 4 is 27.7 Å². The number of hydrogen-bond donors (Lipinski definition) is 0. The first-order valence-corrected chi connectivity index (χ1v) is 7.22. The molecule has 2 aromatic rings. The van der Waals surface area contributed by atoms with Crippen LogP contribution in [-0.4, -0.2) is 10.2 Å². The van der Waals surface area contributed by atoms with E-state index in [-0.39, 0.29) is 0 Å². The molecular formula is C12H13BrN2OS. The Morgan fingerprint density at radius 3 is 2.76 bits per heavy atom. The second-order valence-electron chi connectivity index (χ2n) is 3.73. The summed E-state index contributed by atoms with van der Waals surface area (Å²) >= 11 is 5.31. The summed E-state index contributed by atoms with van der Waals surface area (Å²) in [5.41, 5.74) is 2.63. The Morgan fingerprint density at radius 1 is 1.24 bits per heavy atom. The largest absolute Gasteiger partial charge is 0.425 e. The van der Waals surface area contributed by atoms with Gasteiger partial charge in [-0.15, -0.1) is 22.0 Å². The Labute approximate surface area is 113 Å². The summed E-state index contributed by atoms with van der Waals surface area (Å²) in [6.45, 7) is 3.93. The molecule has 1 aromatic carbocycles. The van der Waals surface area contributed by atoms with Gasteiger partial charge in [-0.2, -0.15) is 0 Å². The predicted octanol–water partition coefficient (Wildman–Crippen LogP) is 3.88. The Bertz CT molecular complexity index is 513. The summed E-state index contributed by atoms with van der Waals surface area (Å²) in [6.07, 6.45) is 0. The van der Waals surface area contributed by atoms with E-state index in [9.17, 15) is 0 Å². The highest BCUT2D eigenvalue weighted by atomic mass is 79.9. The monoisotopic (exact) mass is 312 g/mol. The second kappa shape index (κ2) is 5.69. The molecule has 5 heteroatoms. The quantitative estimate of drug-likeness (QED) is 0.858. The molecule has 0 aliphatic carbocycles.